The highest BCUT2D eigenvalue weighted by Crippen LogP contribution is 2.29. The van der Waals surface area contributed by atoms with Crippen LogP contribution in [-0.2, 0) is 29.4 Å². The minimum absolute atomic E-state index is 0.0301. The first-order valence-corrected chi connectivity index (χ1v) is 22.7. The summed E-state index contributed by atoms with van der Waals surface area (Å²) < 4.78 is 75.3. The summed E-state index contributed by atoms with van der Waals surface area (Å²) in [4.78, 5) is 30.7. The summed E-state index contributed by atoms with van der Waals surface area (Å²) in [6.07, 6.45) is 3.86. The van der Waals surface area contributed by atoms with E-state index in [0.717, 1.165) is 17.6 Å². The average Bonchev–Trinajstić information content (AvgIpc) is 3.27. The Hall–Kier alpha value is -6.78. The second kappa shape index (κ2) is 18.5. The Balaban J connectivity index is 1.06. The molecule has 2 saturated heterocycles. The molecule has 0 radical (unpaired) electrons. The van der Waals surface area contributed by atoms with E-state index in [1.807, 2.05) is 70.5 Å². The fourth-order valence-corrected chi connectivity index (χ4v) is 8.14. The molecule has 19 nitrogen and oxygen atoms in total. The molecule has 0 atom stereocenters. The number of hydrogen-bond acceptors (Lipinski definition) is 19. The highest BCUT2D eigenvalue weighted by molar-refractivity contribution is 7.90. The zero-order valence-corrected chi connectivity index (χ0v) is 34.9. The fraction of sp³-hybridized carbons (Fsp3) is 0.220. The van der Waals surface area contributed by atoms with Gasteiger partial charge in [-0.15, -0.1) is 0 Å². The molecule has 2 aromatic heterocycles. The number of sulfone groups is 1. The van der Waals surface area contributed by atoms with Crippen LogP contribution < -0.4 is 31.1 Å². The molecule has 2 aliphatic rings. The van der Waals surface area contributed by atoms with E-state index in [-0.39, 0.29) is 45.5 Å². The molecule has 0 spiro atoms. The van der Waals surface area contributed by atoms with Crippen molar-refractivity contribution >= 4 is 90.5 Å². The summed E-state index contributed by atoms with van der Waals surface area (Å²) in [7, 11) is -8.88. The van der Waals surface area contributed by atoms with Crippen LogP contribution in [0, 0.1) is 0 Å². The van der Waals surface area contributed by atoms with Crippen LogP contribution in [0.3, 0.4) is 0 Å². The zero-order chi connectivity index (χ0) is 43.1. The Morgan fingerprint density at radius 2 is 0.887 bits per heavy atom. The average molecular weight is 878 g/mol. The molecule has 0 bridgehead atoms. The van der Waals surface area contributed by atoms with Gasteiger partial charge in [0.15, 0.2) is 9.84 Å². The Morgan fingerprint density at radius 3 is 1.27 bits per heavy atom. The maximum absolute atomic E-state index is 13.2. The summed E-state index contributed by atoms with van der Waals surface area (Å²) in [5, 5.41) is 12.5. The van der Waals surface area contributed by atoms with Gasteiger partial charge in [0.2, 0.25) is 35.7 Å². The highest BCUT2D eigenvalue weighted by atomic mass is 32.2. The first-order valence-electron chi connectivity index (χ1n) is 19.4. The lowest BCUT2D eigenvalue weighted by Crippen LogP contribution is -2.37. The maximum Gasteiger partial charge on any atom is 0.233 e. The number of hydrogen-bond donors (Lipinski definition) is 4. The van der Waals surface area contributed by atoms with Gasteiger partial charge in [0.05, 0.1) is 36.2 Å². The molecule has 21 heteroatoms. The molecule has 6 aromatic rings. The van der Waals surface area contributed by atoms with E-state index in [9.17, 15) is 21.4 Å². The van der Waals surface area contributed by atoms with E-state index in [1.165, 1.54) is 30.4 Å². The number of aromatic nitrogens is 6. The molecule has 8 rings (SSSR count). The summed E-state index contributed by atoms with van der Waals surface area (Å²) >= 11 is 0. The number of rotatable bonds is 14. The van der Waals surface area contributed by atoms with Crippen LogP contribution in [0.5, 0.6) is 0 Å². The predicted molar refractivity (Wildman–Crippen MR) is 235 cm³/mol. The van der Waals surface area contributed by atoms with Gasteiger partial charge in [-0.3, -0.25) is 0 Å². The number of nitrogens with one attached hydrogen (secondary N) is 4. The lowest BCUT2D eigenvalue weighted by atomic mass is 10.1. The van der Waals surface area contributed by atoms with Crippen LogP contribution in [-0.4, -0.2) is 110 Å². The van der Waals surface area contributed by atoms with Crippen molar-refractivity contribution in [3.8, 4) is 0 Å². The van der Waals surface area contributed by atoms with Crippen molar-refractivity contribution in [2.75, 3.05) is 89.9 Å². The highest BCUT2D eigenvalue weighted by Gasteiger charge is 2.20. The normalized spacial score (nSPS) is 14.7. The van der Waals surface area contributed by atoms with Crippen molar-refractivity contribution in [3.63, 3.8) is 0 Å². The summed E-state index contributed by atoms with van der Waals surface area (Å²) in [5.41, 5.74) is 2.35. The third-order valence-electron chi connectivity index (χ3n) is 9.55. The second-order valence-corrected chi connectivity index (χ2v) is 17.4. The molecule has 62 heavy (non-hydrogen) atoms. The molecule has 0 amide bonds. The third kappa shape index (κ3) is 10.7. The molecular weight excluding hydrogens is 837 g/mol. The largest absolute Gasteiger partial charge is 0.744 e. The number of benzene rings is 4. The maximum atomic E-state index is 13.2. The van der Waals surface area contributed by atoms with Crippen molar-refractivity contribution in [2.24, 2.45) is 0 Å². The molecule has 2 aliphatic heterocycles. The summed E-state index contributed by atoms with van der Waals surface area (Å²) in [5.74, 6) is 1.57. The van der Waals surface area contributed by atoms with Gasteiger partial charge in [-0.1, -0.05) is 60.7 Å². The van der Waals surface area contributed by atoms with E-state index in [4.69, 9.17) is 9.47 Å². The molecule has 0 saturated carbocycles. The molecule has 0 aliphatic carbocycles. The minimum atomic E-state index is -5.03. The fourth-order valence-electron chi connectivity index (χ4n) is 6.54. The molecule has 320 valence electrons. The standard InChI is InChI=1S/C41H42N12O7S2/c1-61(54,55)34-26-32(44-38-46-36(42-30-8-4-2-5-9-30)48-40(50-38)52-18-22-59-23-19-52)16-14-28(34)12-13-29-15-17-33(27-35(29)62(56,57)58)45-39-47-37(43-31-10-6-3-7-11-31)49-41(51-39)53-20-24-60-25-21-53/h2-17,26-27H,18-25H2,1H3,(H,56,57,58)(H2,42,44,46,48,50)(H2,43,45,47,49,51)/p-1/b13-12+. The summed E-state index contributed by atoms with van der Waals surface area (Å²) in [6.45, 7) is 4.26. The summed E-state index contributed by atoms with van der Waals surface area (Å²) in [6, 6.07) is 27.5. The number of anilines is 10. The molecule has 4 aromatic carbocycles. The van der Waals surface area contributed by atoms with Gasteiger partial charge in [0.1, 0.15) is 10.1 Å². The number of ether oxygens (including phenoxy) is 2. The zero-order valence-electron chi connectivity index (χ0n) is 33.3. The Morgan fingerprint density at radius 1 is 0.516 bits per heavy atom. The molecule has 4 heterocycles. The molecule has 2 fully saturated rings. The number of nitrogens with zero attached hydrogens (tertiary/aromatic N) is 8. The van der Waals surface area contributed by atoms with Gasteiger partial charge in [-0.2, -0.15) is 29.9 Å². The van der Waals surface area contributed by atoms with Gasteiger partial charge in [0, 0.05) is 55.2 Å². The minimum Gasteiger partial charge on any atom is -0.744 e. The van der Waals surface area contributed by atoms with Crippen LogP contribution in [0.4, 0.5) is 58.4 Å². The van der Waals surface area contributed by atoms with Crippen molar-refractivity contribution in [3.05, 3.63) is 108 Å². The Bertz CT molecular complexity index is 2600. The monoisotopic (exact) mass is 877 g/mol. The Kier molecular flexibility index (Phi) is 12.5. The molecular formula is C41H41N12O7S2-. The van der Waals surface area contributed by atoms with Crippen LogP contribution in [0.2, 0.25) is 0 Å². The topological polar surface area (TPSA) is 242 Å². The lowest BCUT2D eigenvalue weighted by Gasteiger charge is -2.27. The van der Waals surface area contributed by atoms with Gasteiger partial charge >= 0.3 is 0 Å². The van der Waals surface area contributed by atoms with Crippen LogP contribution in [0.1, 0.15) is 11.1 Å². The lowest BCUT2D eigenvalue weighted by molar-refractivity contribution is 0.122. The third-order valence-corrected chi connectivity index (χ3v) is 11.6. The van der Waals surface area contributed by atoms with Crippen LogP contribution in [0.15, 0.2) is 107 Å². The van der Waals surface area contributed by atoms with E-state index < -0.39 is 24.9 Å². The van der Waals surface area contributed by atoms with Crippen LogP contribution >= 0.6 is 0 Å². The quantitative estimate of drug-likeness (QED) is 0.0814. The van der Waals surface area contributed by atoms with Crippen molar-refractivity contribution in [2.45, 2.75) is 9.79 Å². The molecule has 0 unspecified atom stereocenters. The van der Waals surface area contributed by atoms with Crippen molar-refractivity contribution in [1.29, 1.82) is 0 Å². The van der Waals surface area contributed by atoms with Crippen molar-refractivity contribution in [1.82, 2.24) is 29.9 Å². The predicted octanol–water partition coefficient (Wildman–Crippen LogP) is 5.18. The first kappa shape index (κ1) is 41.9. The Labute approximate surface area is 358 Å². The smallest absolute Gasteiger partial charge is 0.233 e. The number of para-hydroxylation sites is 2. The van der Waals surface area contributed by atoms with Gasteiger partial charge in [-0.05, 0) is 59.7 Å². The first-order chi connectivity index (χ1) is 29.9. The molecule has 4 N–H and O–H groups in total. The van der Waals surface area contributed by atoms with E-state index >= 15 is 0 Å². The van der Waals surface area contributed by atoms with Crippen LogP contribution in [0.25, 0.3) is 12.2 Å². The van der Waals surface area contributed by atoms with Crippen molar-refractivity contribution < 1.29 is 30.9 Å². The van der Waals surface area contributed by atoms with Gasteiger partial charge in [0.25, 0.3) is 0 Å². The van der Waals surface area contributed by atoms with Gasteiger partial charge in [-0.25, -0.2) is 16.8 Å². The number of morpholine rings is 2. The van der Waals surface area contributed by atoms with Gasteiger partial charge < -0.3 is 45.1 Å². The van der Waals surface area contributed by atoms with E-state index in [1.54, 1.807) is 18.2 Å². The van der Waals surface area contributed by atoms with E-state index in [0.29, 0.717) is 70.2 Å². The van der Waals surface area contributed by atoms with E-state index in [2.05, 4.69) is 51.2 Å². The SMILES string of the molecule is CS(=O)(=O)c1cc(Nc2nc(Nc3ccccc3)nc(N3CCOCC3)n2)ccc1/C=C/c1ccc(Nc2nc(Nc3ccccc3)nc(N3CCOCC3)n2)cc1S(=O)(=O)[O-]. The second-order valence-electron chi connectivity index (χ2n) is 14.1.